The van der Waals surface area contributed by atoms with Crippen molar-refractivity contribution in [1.82, 2.24) is 4.90 Å². The first-order valence-corrected chi connectivity index (χ1v) is 7.48. The molecule has 2 rings (SSSR count). The molecule has 2 atom stereocenters. The van der Waals surface area contributed by atoms with Crippen LogP contribution in [0.3, 0.4) is 0 Å². The maximum Gasteiger partial charge on any atom is 0.233 e. The van der Waals surface area contributed by atoms with E-state index in [0.29, 0.717) is 25.4 Å². The predicted molar refractivity (Wildman–Crippen MR) is 77.1 cm³/mol. The van der Waals surface area contributed by atoms with Gasteiger partial charge in [0.25, 0.3) is 0 Å². The molecule has 0 radical (unpaired) electrons. The van der Waals surface area contributed by atoms with Crippen molar-refractivity contribution in [2.75, 3.05) is 25.4 Å². The van der Waals surface area contributed by atoms with Crippen LogP contribution >= 0.6 is 11.8 Å². The Morgan fingerprint density at radius 2 is 2.26 bits per heavy atom. The largest absolute Gasteiger partial charge is 0.373 e. The summed E-state index contributed by atoms with van der Waals surface area (Å²) in [6.45, 7) is 3.76. The lowest BCUT2D eigenvalue weighted by Gasteiger charge is -2.34. The van der Waals surface area contributed by atoms with Crippen molar-refractivity contribution in [2.24, 2.45) is 5.73 Å². The maximum atomic E-state index is 12.1. The summed E-state index contributed by atoms with van der Waals surface area (Å²) in [5, 5.41) is 0. The second-order valence-corrected chi connectivity index (χ2v) is 5.76. The fraction of sp³-hybridized carbons (Fsp3) is 0.500. The summed E-state index contributed by atoms with van der Waals surface area (Å²) in [5.41, 5.74) is 5.83. The van der Waals surface area contributed by atoms with E-state index in [9.17, 15) is 4.79 Å². The van der Waals surface area contributed by atoms with Crippen LogP contribution in [0.4, 0.5) is 0 Å². The highest BCUT2D eigenvalue weighted by atomic mass is 32.2. The standard InChI is InChI=1S/C14H20N2O2S/c1-11(15)13-9-16(7-8-18-13)14(17)10-19-12-5-3-2-4-6-12/h2-6,11,13H,7-10,15H2,1H3. The highest BCUT2D eigenvalue weighted by Gasteiger charge is 2.26. The van der Waals surface area contributed by atoms with Crippen molar-refractivity contribution in [1.29, 1.82) is 0 Å². The summed E-state index contributed by atoms with van der Waals surface area (Å²) in [4.78, 5) is 15.1. The van der Waals surface area contributed by atoms with E-state index < -0.39 is 0 Å². The molecule has 2 unspecified atom stereocenters. The van der Waals surface area contributed by atoms with Crippen LogP contribution in [-0.2, 0) is 9.53 Å². The molecule has 0 saturated carbocycles. The molecule has 1 heterocycles. The van der Waals surface area contributed by atoms with E-state index in [-0.39, 0.29) is 18.1 Å². The van der Waals surface area contributed by atoms with Gasteiger partial charge in [0.1, 0.15) is 0 Å². The summed E-state index contributed by atoms with van der Waals surface area (Å²) >= 11 is 1.57. The lowest BCUT2D eigenvalue weighted by Crippen LogP contribution is -2.51. The van der Waals surface area contributed by atoms with E-state index in [1.165, 1.54) is 0 Å². The number of nitrogens with zero attached hydrogens (tertiary/aromatic N) is 1. The molecule has 1 aliphatic rings. The predicted octanol–water partition coefficient (Wildman–Crippen LogP) is 1.35. The molecule has 1 amide bonds. The van der Waals surface area contributed by atoms with Gasteiger partial charge in [-0.2, -0.15) is 0 Å². The van der Waals surface area contributed by atoms with Gasteiger partial charge in [0.05, 0.1) is 18.5 Å². The number of morpholine rings is 1. The Hall–Kier alpha value is -1.04. The molecule has 1 aromatic carbocycles. The topological polar surface area (TPSA) is 55.6 Å². The third kappa shape index (κ3) is 4.23. The molecular weight excluding hydrogens is 260 g/mol. The van der Waals surface area contributed by atoms with E-state index in [1.807, 2.05) is 42.2 Å². The van der Waals surface area contributed by atoms with E-state index >= 15 is 0 Å². The molecule has 0 spiro atoms. The molecule has 2 N–H and O–H groups in total. The zero-order valence-corrected chi connectivity index (χ0v) is 11.9. The van der Waals surface area contributed by atoms with Crippen molar-refractivity contribution in [3.8, 4) is 0 Å². The van der Waals surface area contributed by atoms with Gasteiger partial charge in [-0.15, -0.1) is 11.8 Å². The van der Waals surface area contributed by atoms with Crippen LogP contribution in [0.15, 0.2) is 35.2 Å². The van der Waals surface area contributed by atoms with Crippen LogP contribution in [-0.4, -0.2) is 48.4 Å². The van der Waals surface area contributed by atoms with Gasteiger partial charge in [-0.3, -0.25) is 4.79 Å². The summed E-state index contributed by atoms with van der Waals surface area (Å²) in [6, 6.07) is 9.92. The minimum atomic E-state index is -0.0441. The number of benzene rings is 1. The Balaban J connectivity index is 1.83. The second-order valence-electron chi connectivity index (χ2n) is 4.71. The molecule has 4 nitrogen and oxygen atoms in total. The van der Waals surface area contributed by atoms with E-state index in [0.717, 1.165) is 4.90 Å². The van der Waals surface area contributed by atoms with Crippen molar-refractivity contribution in [2.45, 2.75) is 24.0 Å². The zero-order valence-electron chi connectivity index (χ0n) is 11.1. The number of nitrogens with two attached hydrogens (primary N) is 1. The van der Waals surface area contributed by atoms with Gasteiger partial charge < -0.3 is 15.4 Å². The molecule has 1 fully saturated rings. The van der Waals surface area contributed by atoms with Crippen molar-refractivity contribution >= 4 is 17.7 Å². The highest BCUT2D eigenvalue weighted by molar-refractivity contribution is 8.00. The van der Waals surface area contributed by atoms with Gasteiger partial charge in [-0.25, -0.2) is 0 Å². The van der Waals surface area contributed by atoms with Gasteiger partial charge in [-0.1, -0.05) is 18.2 Å². The summed E-state index contributed by atoms with van der Waals surface area (Å²) in [7, 11) is 0. The summed E-state index contributed by atoms with van der Waals surface area (Å²) in [5.74, 6) is 0.623. The van der Waals surface area contributed by atoms with Gasteiger partial charge in [0, 0.05) is 24.0 Å². The minimum absolute atomic E-state index is 0.0422. The van der Waals surface area contributed by atoms with Crippen LogP contribution < -0.4 is 5.73 Å². The Bertz CT molecular complexity index is 411. The first kappa shape index (κ1) is 14.4. The summed E-state index contributed by atoms with van der Waals surface area (Å²) < 4.78 is 5.56. The number of hydrogen-bond acceptors (Lipinski definition) is 4. The van der Waals surface area contributed by atoms with Gasteiger partial charge in [0.2, 0.25) is 5.91 Å². The van der Waals surface area contributed by atoms with Crippen LogP contribution in [0.1, 0.15) is 6.92 Å². The second kappa shape index (κ2) is 6.93. The number of carbonyl (C=O) groups excluding carboxylic acids is 1. The van der Waals surface area contributed by atoms with Crippen LogP contribution in [0.25, 0.3) is 0 Å². The number of rotatable bonds is 4. The number of amides is 1. The van der Waals surface area contributed by atoms with Gasteiger partial charge in [0.15, 0.2) is 0 Å². The molecule has 1 aromatic rings. The van der Waals surface area contributed by atoms with Crippen molar-refractivity contribution in [3.63, 3.8) is 0 Å². The van der Waals surface area contributed by atoms with E-state index in [4.69, 9.17) is 10.5 Å². The lowest BCUT2D eigenvalue weighted by molar-refractivity contribution is -0.136. The first-order chi connectivity index (χ1) is 9.16. The van der Waals surface area contributed by atoms with Crippen molar-refractivity contribution in [3.05, 3.63) is 30.3 Å². The lowest BCUT2D eigenvalue weighted by atomic mass is 10.1. The SMILES string of the molecule is CC(N)C1CN(C(=O)CSc2ccccc2)CCO1. The molecule has 1 aliphatic heterocycles. The molecule has 1 saturated heterocycles. The fourth-order valence-corrected chi connectivity index (χ4v) is 2.80. The third-order valence-corrected chi connectivity index (χ3v) is 4.13. The minimum Gasteiger partial charge on any atom is -0.373 e. The average Bonchev–Trinajstić information content (AvgIpc) is 2.46. The molecular formula is C14H20N2O2S. The number of carbonyl (C=O) groups is 1. The average molecular weight is 280 g/mol. The Morgan fingerprint density at radius 1 is 1.53 bits per heavy atom. The molecule has 19 heavy (non-hydrogen) atoms. The van der Waals surface area contributed by atoms with E-state index in [2.05, 4.69) is 0 Å². The molecule has 0 bridgehead atoms. The maximum absolute atomic E-state index is 12.1. The van der Waals surface area contributed by atoms with Gasteiger partial charge >= 0.3 is 0 Å². The quantitative estimate of drug-likeness (QED) is 0.846. The Labute approximate surface area is 118 Å². The Kier molecular flexibility index (Phi) is 5.24. The fourth-order valence-electron chi connectivity index (χ4n) is 1.97. The molecule has 104 valence electrons. The number of ether oxygens (including phenoxy) is 1. The molecule has 0 aliphatic carbocycles. The summed E-state index contributed by atoms with van der Waals surface area (Å²) in [6.07, 6.45) is -0.0422. The van der Waals surface area contributed by atoms with Crippen LogP contribution in [0.2, 0.25) is 0 Å². The smallest absolute Gasteiger partial charge is 0.233 e. The zero-order chi connectivity index (χ0) is 13.7. The number of thioether (sulfide) groups is 1. The first-order valence-electron chi connectivity index (χ1n) is 6.49. The number of hydrogen-bond donors (Lipinski definition) is 1. The van der Waals surface area contributed by atoms with Crippen LogP contribution in [0.5, 0.6) is 0 Å². The van der Waals surface area contributed by atoms with Crippen molar-refractivity contribution < 1.29 is 9.53 Å². The molecule has 0 aromatic heterocycles. The monoisotopic (exact) mass is 280 g/mol. The normalized spacial score (nSPS) is 21.2. The molecule has 5 heteroatoms. The third-order valence-electron chi connectivity index (χ3n) is 3.14. The highest BCUT2D eigenvalue weighted by Crippen LogP contribution is 2.18. The Morgan fingerprint density at radius 3 is 2.95 bits per heavy atom. The van der Waals surface area contributed by atoms with E-state index in [1.54, 1.807) is 11.8 Å². The van der Waals surface area contributed by atoms with Gasteiger partial charge in [-0.05, 0) is 19.1 Å². The van der Waals surface area contributed by atoms with Crippen LogP contribution in [0, 0.1) is 0 Å².